The summed E-state index contributed by atoms with van der Waals surface area (Å²) < 4.78 is 12.9. The van der Waals surface area contributed by atoms with Crippen molar-refractivity contribution in [2.24, 2.45) is 0 Å². The molecule has 0 radical (unpaired) electrons. The molecule has 0 aliphatic heterocycles. The van der Waals surface area contributed by atoms with Gasteiger partial charge < -0.3 is 15.6 Å². The molecule has 0 aliphatic carbocycles. The quantitative estimate of drug-likeness (QED) is 0.524. The van der Waals surface area contributed by atoms with Crippen LogP contribution in [0.1, 0.15) is 29.9 Å². The molecule has 3 rings (SSSR count). The normalized spacial score (nSPS) is 12.1. The van der Waals surface area contributed by atoms with E-state index in [1.807, 2.05) is 25.1 Å². The summed E-state index contributed by atoms with van der Waals surface area (Å²) in [4.78, 5) is 18.0. The zero-order valence-corrected chi connectivity index (χ0v) is 15.4. The van der Waals surface area contributed by atoms with Crippen molar-refractivity contribution >= 4 is 34.6 Å². The fourth-order valence-electron chi connectivity index (χ4n) is 2.67. The number of alkyl halides is 1. The van der Waals surface area contributed by atoms with Gasteiger partial charge in [-0.2, -0.15) is 10.2 Å². The van der Waals surface area contributed by atoms with Crippen molar-refractivity contribution in [2.75, 3.05) is 23.9 Å². The van der Waals surface area contributed by atoms with E-state index in [1.165, 1.54) is 11.8 Å². The summed E-state index contributed by atoms with van der Waals surface area (Å²) in [5.41, 5.74) is 8.28. The highest BCUT2D eigenvalue weighted by molar-refractivity contribution is 7.98. The maximum Gasteiger partial charge on any atom is 0.223 e. The lowest BCUT2D eigenvalue weighted by molar-refractivity contribution is 0.485. The molecule has 3 N–H and O–H groups in total. The number of benzene rings is 1. The topological polar surface area (TPSA) is 108 Å². The lowest BCUT2D eigenvalue weighted by atomic mass is 10.2. The highest BCUT2D eigenvalue weighted by Crippen LogP contribution is 2.31. The molecule has 1 aromatic carbocycles. The fourth-order valence-corrected chi connectivity index (χ4v) is 3.20. The first-order chi connectivity index (χ1) is 12.5. The number of anilines is 2. The van der Waals surface area contributed by atoms with E-state index in [2.05, 4.69) is 26.0 Å². The monoisotopic (exact) mass is 371 g/mol. The molecule has 0 aliphatic rings. The first-order valence-corrected chi connectivity index (χ1v) is 9.09. The van der Waals surface area contributed by atoms with Crippen LogP contribution in [-0.2, 0) is 6.67 Å². The number of nitriles is 1. The number of H-pyrrole nitrogens is 1. The Labute approximate surface area is 154 Å². The van der Waals surface area contributed by atoms with Gasteiger partial charge in [0.25, 0.3) is 0 Å². The van der Waals surface area contributed by atoms with Crippen molar-refractivity contribution in [3.8, 4) is 6.07 Å². The molecule has 0 saturated carbocycles. The third kappa shape index (κ3) is 3.15. The summed E-state index contributed by atoms with van der Waals surface area (Å²) in [5.74, 6) is 1.24. The lowest BCUT2D eigenvalue weighted by Gasteiger charge is -2.25. The Morgan fingerprint density at radius 1 is 1.38 bits per heavy atom. The minimum Gasteiger partial charge on any atom is -0.368 e. The number of nitrogens with two attached hydrogens (primary N) is 1. The number of nitrogens with one attached hydrogen (secondary N) is 1. The van der Waals surface area contributed by atoms with Crippen molar-refractivity contribution in [1.82, 2.24) is 19.9 Å². The van der Waals surface area contributed by atoms with Gasteiger partial charge in [0.2, 0.25) is 5.95 Å². The second-order valence-corrected chi connectivity index (χ2v) is 6.59. The Hall–Kier alpha value is -2.86. The van der Waals surface area contributed by atoms with Crippen molar-refractivity contribution in [3.63, 3.8) is 0 Å². The summed E-state index contributed by atoms with van der Waals surface area (Å²) in [6, 6.07) is 7.18. The van der Waals surface area contributed by atoms with Gasteiger partial charge in [-0.25, -0.2) is 14.4 Å². The van der Waals surface area contributed by atoms with Crippen LogP contribution in [0.4, 0.5) is 16.2 Å². The molecule has 2 heterocycles. The molecule has 26 heavy (non-hydrogen) atoms. The molecule has 1 atom stereocenters. The molecule has 134 valence electrons. The number of hydrogen-bond donors (Lipinski definition) is 2. The van der Waals surface area contributed by atoms with E-state index in [1.54, 1.807) is 18.2 Å². The van der Waals surface area contributed by atoms with Gasteiger partial charge >= 0.3 is 0 Å². The zero-order valence-electron chi connectivity index (χ0n) is 14.6. The van der Waals surface area contributed by atoms with E-state index in [9.17, 15) is 9.65 Å². The maximum absolute atomic E-state index is 12.9. The van der Waals surface area contributed by atoms with E-state index < -0.39 is 6.67 Å². The highest BCUT2D eigenvalue weighted by Gasteiger charge is 2.23. The predicted molar refractivity (Wildman–Crippen MR) is 101 cm³/mol. The van der Waals surface area contributed by atoms with Crippen LogP contribution in [0.15, 0.2) is 23.2 Å². The third-order valence-corrected chi connectivity index (χ3v) is 4.89. The van der Waals surface area contributed by atoms with Crippen LogP contribution in [0.25, 0.3) is 11.0 Å². The van der Waals surface area contributed by atoms with Crippen LogP contribution in [0.5, 0.6) is 0 Å². The minimum absolute atomic E-state index is 0.111. The number of aromatic nitrogens is 4. The van der Waals surface area contributed by atoms with E-state index in [4.69, 9.17) is 5.73 Å². The third-order valence-electron chi connectivity index (χ3n) is 4.21. The van der Waals surface area contributed by atoms with Crippen LogP contribution < -0.4 is 10.6 Å². The second-order valence-electron chi connectivity index (χ2n) is 5.80. The number of aromatic amines is 1. The average Bonchev–Trinajstić information content (AvgIpc) is 3.08. The second kappa shape index (κ2) is 7.17. The highest BCUT2D eigenvalue weighted by atomic mass is 32.2. The average molecular weight is 371 g/mol. The Balaban J connectivity index is 2.01. The molecule has 7 nitrogen and oxygen atoms in total. The Morgan fingerprint density at radius 3 is 2.81 bits per heavy atom. The largest absolute Gasteiger partial charge is 0.368 e. The number of nitrogen functional groups attached to an aromatic ring is 1. The van der Waals surface area contributed by atoms with Crippen LogP contribution >= 0.6 is 11.8 Å². The SMILES string of the molecule is CSc1nc(N)nc(N(C)[C@@H](C)c2nc3ccc(CF)cc3[nH]2)c1C#N. The molecule has 0 unspecified atom stereocenters. The van der Waals surface area contributed by atoms with Gasteiger partial charge in [0, 0.05) is 7.05 Å². The number of thioether (sulfide) groups is 1. The van der Waals surface area contributed by atoms with Crippen molar-refractivity contribution in [3.05, 3.63) is 35.2 Å². The molecule has 0 fully saturated rings. The first-order valence-electron chi connectivity index (χ1n) is 7.87. The van der Waals surface area contributed by atoms with Crippen molar-refractivity contribution < 1.29 is 4.39 Å². The number of imidazole rings is 1. The van der Waals surface area contributed by atoms with Crippen LogP contribution in [0, 0.1) is 11.3 Å². The van der Waals surface area contributed by atoms with Crippen molar-refractivity contribution in [1.29, 1.82) is 5.26 Å². The summed E-state index contributed by atoms with van der Waals surface area (Å²) in [6.07, 6.45) is 1.83. The van der Waals surface area contributed by atoms with E-state index in [-0.39, 0.29) is 12.0 Å². The lowest BCUT2D eigenvalue weighted by Crippen LogP contribution is -2.25. The summed E-state index contributed by atoms with van der Waals surface area (Å²) in [5, 5.41) is 10.1. The fraction of sp³-hybridized carbons (Fsp3) is 0.294. The van der Waals surface area contributed by atoms with Gasteiger partial charge in [-0.05, 0) is 30.9 Å². The Morgan fingerprint density at radius 2 is 2.15 bits per heavy atom. The molecule has 9 heteroatoms. The van der Waals surface area contributed by atoms with Gasteiger partial charge in [-0.1, -0.05) is 6.07 Å². The number of hydrogen-bond acceptors (Lipinski definition) is 7. The van der Waals surface area contributed by atoms with E-state index in [0.29, 0.717) is 27.8 Å². The van der Waals surface area contributed by atoms with E-state index >= 15 is 0 Å². The number of fused-ring (bicyclic) bond motifs is 1. The molecule has 2 aromatic heterocycles. The van der Waals surface area contributed by atoms with Gasteiger partial charge in [0.1, 0.15) is 29.2 Å². The molecule has 0 bridgehead atoms. The smallest absolute Gasteiger partial charge is 0.223 e. The van der Waals surface area contributed by atoms with Crippen LogP contribution in [0.2, 0.25) is 0 Å². The summed E-state index contributed by atoms with van der Waals surface area (Å²) in [7, 11) is 1.82. The molecule has 0 amide bonds. The van der Waals surface area contributed by atoms with Crippen molar-refractivity contribution in [2.45, 2.75) is 24.7 Å². The standard InChI is InChI=1S/C17H18FN7S/c1-9(14-21-12-5-4-10(7-18)6-13(12)22-14)25(2)15-11(8-19)16(26-3)24-17(20)23-15/h4-6,9H,7H2,1-3H3,(H,21,22)(H2,20,23,24)/t9-/m0/s1. The zero-order chi connectivity index (χ0) is 18.8. The molecule has 0 saturated heterocycles. The van der Waals surface area contributed by atoms with Gasteiger partial charge in [0.05, 0.1) is 17.1 Å². The molecular formula is C17H18FN7S. The maximum atomic E-state index is 12.9. The van der Waals surface area contributed by atoms with E-state index in [0.717, 1.165) is 11.0 Å². The van der Waals surface area contributed by atoms with Gasteiger partial charge in [-0.15, -0.1) is 11.8 Å². The Kier molecular flexibility index (Phi) is 4.95. The molecule has 3 aromatic rings. The summed E-state index contributed by atoms with van der Waals surface area (Å²) in [6.45, 7) is 1.41. The van der Waals surface area contributed by atoms with Gasteiger partial charge in [0.15, 0.2) is 5.82 Å². The van der Waals surface area contributed by atoms with Crippen LogP contribution in [-0.4, -0.2) is 33.2 Å². The number of nitrogens with zero attached hydrogens (tertiary/aromatic N) is 5. The van der Waals surface area contributed by atoms with Gasteiger partial charge in [-0.3, -0.25) is 0 Å². The number of halogens is 1. The molecular weight excluding hydrogens is 353 g/mol. The minimum atomic E-state index is -0.525. The summed E-state index contributed by atoms with van der Waals surface area (Å²) >= 11 is 1.34. The number of rotatable bonds is 5. The Bertz CT molecular complexity index is 995. The molecule has 0 spiro atoms. The predicted octanol–water partition coefficient (Wildman–Crippen LogP) is 3.20. The first kappa shape index (κ1) is 17.9. The van der Waals surface area contributed by atoms with Crippen LogP contribution in [0.3, 0.4) is 0 Å².